The molecule has 1 amide bonds. The van der Waals surface area contributed by atoms with Crippen LogP contribution in [0.2, 0.25) is 5.02 Å². The van der Waals surface area contributed by atoms with Crippen molar-refractivity contribution in [1.29, 1.82) is 5.26 Å². The van der Waals surface area contributed by atoms with Gasteiger partial charge in [-0.25, -0.2) is 0 Å². The molecular weight excluding hydrogens is 586 g/mol. The number of aromatic nitrogens is 1. The predicted octanol–water partition coefficient (Wildman–Crippen LogP) is 5.82. The third-order valence-corrected chi connectivity index (χ3v) is 9.40. The minimum atomic E-state index is -0.290. The summed E-state index contributed by atoms with van der Waals surface area (Å²) >= 11 is 13.2. The van der Waals surface area contributed by atoms with Gasteiger partial charge in [0.15, 0.2) is 0 Å². The first-order chi connectivity index (χ1) is 20.3. The summed E-state index contributed by atoms with van der Waals surface area (Å²) in [5.41, 5.74) is 3.18. The Balaban J connectivity index is 1.50. The van der Waals surface area contributed by atoms with Crippen LogP contribution in [0.3, 0.4) is 0 Å². The molecule has 0 spiro atoms. The second-order valence-electron chi connectivity index (χ2n) is 10.4. The lowest BCUT2D eigenvalue weighted by molar-refractivity contribution is -0.122. The summed E-state index contributed by atoms with van der Waals surface area (Å²) in [7, 11) is 0. The summed E-state index contributed by atoms with van der Waals surface area (Å²) in [6.45, 7) is 8.51. The molecule has 0 N–H and O–H groups in total. The number of thiocarbonyl (C=S) groups is 1. The number of nitrogens with zero attached hydrogens (tertiary/aromatic N) is 5. The first kappa shape index (κ1) is 30.1. The zero-order valence-electron chi connectivity index (χ0n) is 23.7. The molecule has 42 heavy (non-hydrogen) atoms. The van der Waals surface area contributed by atoms with Gasteiger partial charge in [-0.05, 0) is 42.2 Å². The fourth-order valence-corrected chi connectivity index (χ4v) is 6.87. The average Bonchev–Trinajstić information content (AvgIpc) is 3.25. The number of hydrogen-bond donors (Lipinski definition) is 0. The van der Waals surface area contributed by atoms with Crippen molar-refractivity contribution in [1.82, 2.24) is 14.4 Å². The number of nitriles is 1. The highest BCUT2D eigenvalue weighted by Crippen LogP contribution is 2.37. The molecule has 0 aliphatic carbocycles. The quantitative estimate of drug-likeness (QED) is 0.233. The molecule has 5 rings (SSSR count). The van der Waals surface area contributed by atoms with Crippen LogP contribution in [0, 0.1) is 18.3 Å². The van der Waals surface area contributed by atoms with E-state index < -0.39 is 0 Å². The molecule has 216 valence electrons. The summed E-state index contributed by atoms with van der Waals surface area (Å²) in [5, 5.41) is 10.5. The van der Waals surface area contributed by atoms with Gasteiger partial charge in [-0.3, -0.25) is 24.0 Å². The van der Waals surface area contributed by atoms with Crippen molar-refractivity contribution in [2.75, 3.05) is 31.1 Å². The van der Waals surface area contributed by atoms with Crippen LogP contribution in [-0.4, -0.2) is 50.8 Å². The number of benzene rings is 2. The molecule has 2 aromatic carbocycles. The number of anilines is 1. The molecule has 0 unspecified atom stereocenters. The Morgan fingerprint density at radius 3 is 2.38 bits per heavy atom. The number of amides is 1. The van der Waals surface area contributed by atoms with E-state index in [1.807, 2.05) is 37.3 Å². The van der Waals surface area contributed by atoms with Crippen molar-refractivity contribution in [3.8, 4) is 6.07 Å². The molecule has 2 saturated heterocycles. The van der Waals surface area contributed by atoms with Crippen LogP contribution in [0.15, 0.2) is 64.3 Å². The molecule has 1 aromatic heterocycles. The number of halogens is 1. The maximum absolute atomic E-state index is 13.6. The zero-order chi connectivity index (χ0) is 29.8. The second kappa shape index (κ2) is 13.3. The molecule has 0 bridgehead atoms. The molecule has 0 saturated carbocycles. The van der Waals surface area contributed by atoms with E-state index in [4.69, 9.17) is 23.8 Å². The van der Waals surface area contributed by atoms with Crippen LogP contribution >= 0.6 is 35.6 Å². The van der Waals surface area contributed by atoms with Gasteiger partial charge in [-0.15, -0.1) is 0 Å². The van der Waals surface area contributed by atoms with E-state index >= 15 is 0 Å². The van der Waals surface area contributed by atoms with Gasteiger partial charge >= 0.3 is 0 Å². The minimum absolute atomic E-state index is 0.104. The van der Waals surface area contributed by atoms with Gasteiger partial charge in [0.2, 0.25) is 0 Å². The van der Waals surface area contributed by atoms with Gasteiger partial charge in [-0.2, -0.15) is 5.26 Å². The van der Waals surface area contributed by atoms with E-state index in [2.05, 4.69) is 40.1 Å². The highest BCUT2D eigenvalue weighted by molar-refractivity contribution is 8.26. The average molecular weight is 618 g/mol. The highest BCUT2D eigenvalue weighted by Gasteiger charge is 2.34. The van der Waals surface area contributed by atoms with Gasteiger partial charge < -0.3 is 4.90 Å². The van der Waals surface area contributed by atoms with Crippen molar-refractivity contribution >= 4 is 57.7 Å². The van der Waals surface area contributed by atoms with Crippen molar-refractivity contribution in [3.63, 3.8) is 0 Å². The fourth-order valence-electron chi connectivity index (χ4n) is 5.44. The normalized spacial score (nSPS) is 16.9. The number of carbonyl (C=O) groups excluding carboxylic acids is 1. The smallest absolute Gasteiger partial charge is 0.270 e. The fraction of sp³-hybridized carbons (Fsp3) is 0.312. The van der Waals surface area contributed by atoms with Crippen LogP contribution < -0.4 is 10.5 Å². The third kappa shape index (κ3) is 6.18. The van der Waals surface area contributed by atoms with E-state index in [1.165, 1.54) is 17.3 Å². The summed E-state index contributed by atoms with van der Waals surface area (Å²) in [5.74, 6) is 0.545. The number of pyridine rings is 1. The maximum atomic E-state index is 13.6. The van der Waals surface area contributed by atoms with Gasteiger partial charge in [0.25, 0.3) is 11.5 Å². The van der Waals surface area contributed by atoms with Gasteiger partial charge in [0, 0.05) is 49.9 Å². The van der Waals surface area contributed by atoms with Gasteiger partial charge in [-0.1, -0.05) is 91.0 Å². The van der Waals surface area contributed by atoms with E-state index in [1.54, 1.807) is 22.5 Å². The first-order valence-corrected chi connectivity index (χ1v) is 15.6. The summed E-state index contributed by atoms with van der Waals surface area (Å²) in [6, 6.07) is 19.9. The Morgan fingerprint density at radius 1 is 1.02 bits per heavy atom. The molecule has 10 heteroatoms. The number of rotatable bonds is 8. The molecule has 3 heterocycles. The van der Waals surface area contributed by atoms with Crippen LogP contribution in [0.1, 0.15) is 41.2 Å². The van der Waals surface area contributed by atoms with Crippen molar-refractivity contribution in [2.45, 2.75) is 39.9 Å². The summed E-state index contributed by atoms with van der Waals surface area (Å²) in [4.78, 5) is 33.8. The molecule has 2 aliphatic rings. The minimum Gasteiger partial charge on any atom is -0.355 e. The molecule has 0 atom stereocenters. The van der Waals surface area contributed by atoms with E-state index in [0.29, 0.717) is 31.9 Å². The first-order valence-electron chi connectivity index (χ1n) is 14.0. The molecule has 3 aromatic rings. The Kier molecular flexibility index (Phi) is 9.49. The summed E-state index contributed by atoms with van der Waals surface area (Å²) in [6.07, 6.45) is 2.55. The maximum Gasteiger partial charge on any atom is 0.270 e. The largest absolute Gasteiger partial charge is 0.355 e. The molecule has 7 nitrogen and oxygen atoms in total. The predicted molar refractivity (Wildman–Crippen MR) is 175 cm³/mol. The molecule has 2 fully saturated rings. The number of hydrogen-bond acceptors (Lipinski definition) is 7. The Hall–Kier alpha value is -3.42. The van der Waals surface area contributed by atoms with Crippen molar-refractivity contribution in [2.24, 2.45) is 0 Å². The Bertz CT molecular complexity index is 1640. The van der Waals surface area contributed by atoms with E-state index in [9.17, 15) is 14.9 Å². The van der Waals surface area contributed by atoms with Crippen LogP contribution in [-0.2, 0) is 24.4 Å². The van der Waals surface area contributed by atoms with Crippen LogP contribution in [0.5, 0.6) is 0 Å². The van der Waals surface area contributed by atoms with Crippen molar-refractivity contribution < 1.29 is 4.79 Å². The lowest BCUT2D eigenvalue weighted by Crippen LogP contribution is -2.48. The lowest BCUT2D eigenvalue weighted by atomic mass is 10.0. The third-order valence-electron chi connectivity index (χ3n) is 7.65. The van der Waals surface area contributed by atoms with Crippen molar-refractivity contribution in [3.05, 3.63) is 103 Å². The Morgan fingerprint density at radius 2 is 1.71 bits per heavy atom. The van der Waals surface area contributed by atoms with Gasteiger partial charge in [0.1, 0.15) is 21.8 Å². The standard InChI is InChI=1S/C32H32ClN5O2S2/c1-3-13-37-29(36-16-14-35(15-17-36)20-23-9-5-4-6-10-23)25(22(2)26(19-34)30(37)39)18-28-31(40)38(32(41)42-28)21-24-11-7-8-12-27(24)33/h4-12,18H,3,13-17,20-21H2,1-2H3. The van der Waals surface area contributed by atoms with E-state index in [-0.39, 0.29) is 23.6 Å². The monoisotopic (exact) mass is 617 g/mol. The van der Waals surface area contributed by atoms with Crippen LogP contribution in [0.4, 0.5) is 5.82 Å². The lowest BCUT2D eigenvalue weighted by Gasteiger charge is -2.38. The topological polar surface area (TPSA) is 72.6 Å². The molecule has 0 radical (unpaired) electrons. The number of carbonyl (C=O) groups is 1. The summed E-state index contributed by atoms with van der Waals surface area (Å²) < 4.78 is 2.16. The highest BCUT2D eigenvalue weighted by atomic mass is 35.5. The number of thioether (sulfide) groups is 1. The zero-order valence-corrected chi connectivity index (χ0v) is 26.1. The van der Waals surface area contributed by atoms with Crippen LogP contribution in [0.25, 0.3) is 6.08 Å². The van der Waals surface area contributed by atoms with Gasteiger partial charge in [0.05, 0.1) is 11.4 Å². The molecular formula is C32H32ClN5O2S2. The second-order valence-corrected chi connectivity index (χ2v) is 12.5. The molecule has 2 aliphatic heterocycles. The SMILES string of the molecule is CCCn1c(N2CCN(Cc3ccccc3)CC2)c(C=C2SC(=S)N(Cc3ccccc3Cl)C2=O)c(C)c(C#N)c1=O. The number of piperazine rings is 1. The Labute approximate surface area is 261 Å². The van der Waals surface area contributed by atoms with E-state index in [0.717, 1.165) is 50.5 Å².